The fourth-order valence-electron chi connectivity index (χ4n) is 2.21. The highest BCUT2D eigenvalue weighted by molar-refractivity contribution is 5.77. The third kappa shape index (κ3) is 4.56. The maximum atomic E-state index is 11.8. The van der Waals surface area contributed by atoms with E-state index < -0.39 is 0 Å². The van der Waals surface area contributed by atoms with Gasteiger partial charge in [-0.25, -0.2) is 0 Å². The lowest BCUT2D eigenvalue weighted by molar-refractivity contribution is -0.124. The molecular weight excluding hydrogens is 240 g/mol. The molecule has 0 saturated carbocycles. The van der Waals surface area contributed by atoms with Crippen molar-refractivity contribution in [2.75, 3.05) is 26.7 Å². The van der Waals surface area contributed by atoms with Gasteiger partial charge in [-0.2, -0.15) is 0 Å². The Balaban J connectivity index is 1.71. The highest BCUT2D eigenvalue weighted by Crippen LogP contribution is 2.11. The van der Waals surface area contributed by atoms with Crippen molar-refractivity contribution < 1.29 is 9.53 Å². The summed E-state index contributed by atoms with van der Waals surface area (Å²) in [6.07, 6.45) is 2.04. The average molecular weight is 262 g/mol. The second-order valence-electron chi connectivity index (χ2n) is 5.25. The predicted molar refractivity (Wildman–Crippen MR) is 75.3 cm³/mol. The summed E-state index contributed by atoms with van der Waals surface area (Å²) >= 11 is 0. The lowest BCUT2D eigenvalue weighted by atomic mass is 10.1. The van der Waals surface area contributed by atoms with Crippen molar-refractivity contribution in [2.45, 2.75) is 25.8 Å². The number of nitrogens with one attached hydrogen (secondary N) is 1. The van der Waals surface area contributed by atoms with E-state index >= 15 is 0 Å². The van der Waals surface area contributed by atoms with Gasteiger partial charge in [0.25, 0.3) is 5.91 Å². The van der Waals surface area contributed by atoms with Gasteiger partial charge in [0.15, 0.2) is 6.61 Å². The van der Waals surface area contributed by atoms with Gasteiger partial charge in [-0.1, -0.05) is 17.7 Å². The normalized spacial score (nSPS) is 17.2. The molecule has 4 nitrogen and oxygen atoms in total. The number of carbonyl (C=O) groups is 1. The number of carbonyl (C=O) groups excluding carboxylic acids is 1. The van der Waals surface area contributed by atoms with Gasteiger partial charge in [-0.15, -0.1) is 0 Å². The van der Waals surface area contributed by atoms with E-state index in [0.717, 1.165) is 31.7 Å². The summed E-state index contributed by atoms with van der Waals surface area (Å²) in [7, 11) is 2.11. The molecule has 0 bridgehead atoms. The third-order valence-corrected chi connectivity index (χ3v) is 3.47. The smallest absolute Gasteiger partial charge is 0.258 e. The molecule has 0 spiro atoms. The molecule has 1 aromatic rings. The molecule has 1 N–H and O–H groups in total. The largest absolute Gasteiger partial charge is 0.484 e. The highest BCUT2D eigenvalue weighted by atomic mass is 16.5. The molecule has 4 heteroatoms. The fraction of sp³-hybridized carbons (Fsp3) is 0.533. The number of nitrogens with zero attached hydrogens (tertiary/aromatic N) is 1. The van der Waals surface area contributed by atoms with Crippen LogP contribution in [0.2, 0.25) is 0 Å². The van der Waals surface area contributed by atoms with Crippen LogP contribution in [0.1, 0.15) is 18.4 Å². The molecule has 0 aromatic heterocycles. The van der Waals surface area contributed by atoms with E-state index in [0.29, 0.717) is 6.04 Å². The van der Waals surface area contributed by atoms with Gasteiger partial charge in [0, 0.05) is 6.04 Å². The lowest BCUT2D eigenvalue weighted by Gasteiger charge is -2.29. The van der Waals surface area contributed by atoms with Gasteiger partial charge in [-0.05, 0) is 52.0 Å². The molecule has 1 aromatic carbocycles. The van der Waals surface area contributed by atoms with Crippen LogP contribution < -0.4 is 10.1 Å². The predicted octanol–water partition coefficient (Wildman–Crippen LogP) is 1.58. The Kier molecular flexibility index (Phi) is 4.80. The molecule has 19 heavy (non-hydrogen) atoms. The number of ether oxygens (including phenoxy) is 1. The first-order valence-corrected chi connectivity index (χ1v) is 6.81. The van der Waals surface area contributed by atoms with Crippen LogP contribution in [0, 0.1) is 6.92 Å². The molecule has 2 rings (SSSR count). The molecule has 0 aliphatic carbocycles. The second kappa shape index (κ2) is 6.57. The van der Waals surface area contributed by atoms with Gasteiger partial charge < -0.3 is 15.0 Å². The maximum Gasteiger partial charge on any atom is 0.258 e. The van der Waals surface area contributed by atoms with E-state index in [1.807, 2.05) is 31.2 Å². The number of rotatable bonds is 4. The van der Waals surface area contributed by atoms with Crippen LogP contribution >= 0.6 is 0 Å². The Bertz CT molecular complexity index is 409. The highest BCUT2D eigenvalue weighted by Gasteiger charge is 2.18. The number of aryl methyl sites for hydroxylation is 1. The quantitative estimate of drug-likeness (QED) is 0.896. The van der Waals surface area contributed by atoms with Gasteiger partial charge in [0.05, 0.1) is 0 Å². The Morgan fingerprint density at radius 3 is 2.58 bits per heavy atom. The van der Waals surface area contributed by atoms with E-state index in [1.165, 1.54) is 5.56 Å². The summed E-state index contributed by atoms with van der Waals surface area (Å²) < 4.78 is 5.46. The van der Waals surface area contributed by atoms with E-state index in [4.69, 9.17) is 4.74 Å². The van der Waals surface area contributed by atoms with Crippen molar-refractivity contribution in [3.8, 4) is 5.75 Å². The van der Waals surface area contributed by atoms with Crippen LogP contribution in [-0.4, -0.2) is 43.6 Å². The zero-order valence-electron chi connectivity index (χ0n) is 11.7. The van der Waals surface area contributed by atoms with Crippen molar-refractivity contribution in [3.05, 3.63) is 29.8 Å². The number of hydrogen-bond donors (Lipinski definition) is 1. The molecule has 0 atom stereocenters. The van der Waals surface area contributed by atoms with E-state index in [9.17, 15) is 4.79 Å². The Hall–Kier alpha value is -1.55. The molecular formula is C15H22N2O2. The molecule has 1 saturated heterocycles. The van der Waals surface area contributed by atoms with Crippen LogP contribution in [-0.2, 0) is 4.79 Å². The zero-order valence-corrected chi connectivity index (χ0v) is 11.7. The monoisotopic (exact) mass is 262 g/mol. The minimum atomic E-state index is -0.0323. The van der Waals surface area contributed by atoms with E-state index in [1.54, 1.807) is 0 Å². The molecule has 104 valence electrons. The molecule has 1 aliphatic heterocycles. The molecule has 1 fully saturated rings. The van der Waals surface area contributed by atoms with Crippen molar-refractivity contribution in [2.24, 2.45) is 0 Å². The van der Waals surface area contributed by atoms with Gasteiger partial charge >= 0.3 is 0 Å². The van der Waals surface area contributed by atoms with Crippen LogP contribution in [0.25, 0.3) is 0 Å². The van der Waals surface area contributed by atoms with Crippen LogP contribution in [0.4, 0.5) is 0 Å². The van der Waals surface area contributed by atoms with Crippen LogP contribution in [0.15, 0.2) is 24.3 Å². The summed E-state index contributed by atoms with van der Waals surface area (Å²) in [5, 5.41) is 3.03. The minimum Gasteiger partial charge on any atom is -0.484 e. The standard InChI is InChI=1S/C15H22N2O2/c1-12-3-5-14(6-4-12)19-11-15(18)16-13-7-9-17(2)10-8-13/h3-6,13H,7-11H2,1-2H3,(H,16,18). The number of amides is 1. The first-order chi connectivity index (χ1) is 9.13. The Labute approximate surface area is 114 Å². The molecule has 0 radical (unpaired) electrons. The number of piperidine rings is 1. The molecule has 0 unspecified atom stereocenters. The summed E-state index contributed by atoms with van der Waals surface area (Å²) in [4.78, 5) is 14.1. The van der Waals surface area contributed by atoms with E-state index in [-0.39, 0.29) is 12.5 Å². The summed E-state index contributed by atoms with van der Waals surface area (Å²) in [5.41, 5.74) is 1.18. The molecule has 1 heterocycles. The first-order valence-electron chi connectivity index (χ1n) is 6.81. The summed E-state index contributed by atoms with van der Waals surface area (Å²) in [6, 6.07) is 8.02. The van der Waals surface area contributed by atoms with Crippen LogP contribution in [0.3, 0.4) is 0 Å². The number of likely N-dealkylation sites (tertiary alicyclic amines) is 1. The molecule has 1 aliphatic rings. The minimum absolute atomic E-state index is 0.0323. The number of hydrogen-bond acceptors (Lipinski definition) is 3. The van der Waals surface area contributed by atoms with Crippen molar-refractivity contribution in [1.29, 1.82) is 0 Å². The average Bonchev–Trinajstić information content (AvgIpc) is 2.41. The Morgan fingerprint density at radius 2 is 1.95 bits per heavy atom. The SMILES string of the molecule is Cc1ccc(OCC(=O)NC2CCN(C)CC2)cc1. The lowest BCUT2D eigenvalue weighted by Crippen LogP contribution is -2.44. The van der Waals surface area contributed by atoms with Gasteiger partial charge in [0.2, 0.25) is 0 Å². The zero-order chi connectivity index (χ0) is 13.7. The second-order valence-corrected chi connectivity index (χ2v) is 5.25. The third-order valence-electron chi connectivity index (χ3n) is 3.47. The maximum absolute atomic E-state index is 11.8. The fourth-order valence-corrected chi connectivity index (χ4v) is 2.21. The summed E-state index contributed by atoms with van der Waals surface area (Å²) in [6.45, 7) is 4.21. The number of benzene rings is 1. The first kappa shape index (κ1) is 13.9. The van der Waals surface area contributed by atoms with E-state index in [2.05, 4.69) is 17.3 Å². The Morgan fingerprint density at radius 1 is 1.32 bits per heavy atom. The molecule has 1 amide bonds. The van der Waals surface area contributed by atoms with Crippen molar-refractivity contribution >= 4 is 5.91 Å². The van der Waals surface area contributed by atoms with Crippen molar-refractivity contribution in [3.63, 3.8) is 0 Å². The van der Waals surface area contributed by atoms with Gasteiger partial charge in [-0.3, -0.25) is 4.79 Å². The van der Waals surface area contributed by atoms with Crippen LogP contribution in [0.5, 0.6) is 5.75 Å². The topological polar surface area (TPSA) is 41.6 Å². The van der Waals surface area contributed by atoms with Gasteiger partial charge in [0.1, 0.15) is 5.75 Å². The summed E-state index contributed by atoms with van der Waals surface area (Å²) in [5.74, 6) is 0.708. The van der Waals surface area contributed by atoms with Crippen molar-refractivity contribution in [1.82, 2.24) is 10.2 Å².